The number of halogens is 2. The second-order valence-corrected chi connectivity index (χ2v) is 7.04. The van der Waals surface area contributed by atoms with Crippen LogP contribution in [0.15, 0.2) is 52.9 Å². The number of rotatable bonds is 6. The summed E-state index contributed by atoms with van der Waals surface area (Å²) in [5.41, 5.74) is 1.95. The minimum atomic E-state index is -0.00525. The quantitative estimate of drug-likeness (QED) is 0.612. The van der Waals surface area contributed by atoms with E-state index < -0.39 is 0 Å². The summed E-state index contributed by atoms with van der Waals surface area (Å²) in [7, 11) is 3.95. The number of anilines is 1. The molecule has 3 rings (SSSR count). The van der Waals surface area contributed by atoms with E-state index in [0.717, 1.165) is 11.1 Å². The average molecular weight is 401 g/mol. The first-order valence-corrected chi connectivity index (χ1v) is 9.06. The summed E-state index contributed by atoms with van der Waals surface area (Å²) in [4.78, 5) is 6.32. The largest absolute Gasteiger partial charge is 0.419 e. The first-order valence-electron chi connectivity index (χ1n) is 8.31. The van der Waals surface area contributed by atoms with Gasteiger partial charge in [0.2, 0.25) is 17.5 Å². The third-order valence-corrected chi connectivity index (χ3v) is 4.76. The van der Waals surface area contributed by atoms with Crippen LogP contribution in [0.5, 0.6) is 0 Å². The van der Waals surface area contributed by atoms with Gasteiger partial charge in [0, 0.05) is 22.2 Å². The number of nitriles is 1. The van der Waals surface area contributed by atoms with Gasteiger partial charge in [-0.15, -0.1) is 0 Å². The Labute approximate surface area is 168 Å². The Balaban J connectivity index is 1.83. The molecule has 0 aliphatic heterocycles. The molecule has 1 unspecified atom stereocenters. The molecule has 3 aromatic rings. The fourth-order valence-electron chi connectivity index (χ4n) is 2.74. The Morgan fingerprint density at radius 3 is 2.48 bits per heavy atom. The molecule has 0 radical (unpaired) electrons. The zero-order valence-electron chi connectivity index (χ0n) is 14.9. The minimum Gasteiger partial charge on any atom is -0.419 e. The van der Waals surface area contributed by atoms with Crippen LogP contribution in [0, 0.1) is 11.3 Å². The van der Waals surface area contributed by atoms with Crippen LogP contribution in [0.25, 0.3) is 11.5 Å². The molecule has 27 heavy (non-hydrogen) atoms. The Kier molecular flexibility index (Phi) is 6.02. The Morgan fingerprint density at radius 1 is 1.15 bits per heavy atom. The number of hydrogen-bond acceptors (Lipinski definition) is 5. The SMILES string of the molecule is CN(C)C(CNc1oc(-c2ccc(Cl)cc2)nc1C#N)c1ccccc1Cl. The Hall–Kier alpha value is -2.52. The lowest BCUT2D eigenvalue weighted by atomic mass is 10.1. The highest BCUT2D eigenvalue weighted by atomic mass is 35.5. The van der Waals surface area contributed by atoms with Crippen molar-refractivity contribution in [2.75, 3.05) is 26.0 Å². The molecule has 1 aromatic heterocycles. The predicted octanol–water partition coefficient (Wildman–Crippen LogP) is 5.23. The van der Waals surface area contributed by atoms with Gasteiger partial charge in [-0.3, -0.25) is 0 Å². The molecule has 7 heteroatoms. The van der Waals surface area contributed by atoms with Gasteiger partial charge in [0.25, 0.3) is 0 Å². The van der Waals surface area contributed by atoms with E-state index in [1.165, 1.54) is 0 Å². The van der Waals surface area contributed by atoms with Gasteiger partial charge < -0.3 is 14.6 Å². The molecular weight excluding hydrogens is 383 g/mol. The molecule has 0 bridgehead atoms. The second kappa shape index (κ2) is 8.45. The number of aromatic nitrogens is 1. The molecule has 5 nitrogen and oxygen atoms in total. The van der Waals surface area contributed by atoms with E-state index in [2.05, 4.69) is 21.3 Å². The predicted molar refractivity (Wildman–Crippen MR) is 108 cm³/mol. The highest BCUT2D eigenvalue weighted by molar-refractivity contribution is 6.31. The van der Waals surface area contributed by atoms with Crippen molar-refractivity contribution in [3.63, 3.8) is 0 Å². The lowest BCUT2D eigenvalue weighted by molar-refractivity contribution is 0.310. The Morgan fingerprint density at radius 2 is 1.85 bits per heavy atom. The monoisotopic (exact) mass is 400 g/mol. The van der Waals surface area contributed by atoms with Crippen LogP contribution in [0.3, 0.4) is 0 Å². The van der Waals surface area contributed by atoms with E-state index in [9.17, 15) is 5.26 Å². The molecule has 1 heterocycles. The Bertz CT molecular complexity index is 961. The number of likely N-dealkylation sites (N-methyl/N-ethyl adjacent to an activating group) is 1. The van der Waals surface area contributed by atoms with Crippen LogP contribution in [0.2, 0.25) is 10.0 Å². The molecule has 0 spiro atoms. The van der Waals surface area contributed by atoms with Gasteiger partial charge in [0.05, 0.1) is 6.04 Å². The molecule has 138 valence electrons. The maximum Gasteiger partial charge on any atom is 0.232 e. The van der Waals surface area contributed by atoms with Gasteiger partial charge in [-0.2, -0.15) is 10.2 Å². The van der Waals surface area contributed by atoms with Gasteiger partial charge in [-0.25, -0.2) is 0 Å². The topological polar surface area (TPSA) is 65.1 Å². The van der Waals surface area contributed by atoms with E-state index in [-0.39, 0.29) is 11.7 Å². The first kappa shape index (κ1) is 19.2. The minimum absolute atomic E-state index is 0.00525. The molecule has 2 aromatic carbocycles. The van der Waals surface area contributed by atoms with Gasteiger partial charge in [-0.1, -0.05) is 41.4 Å². The summed E-state index contributed by atoms with van der Waals surface area (Å²) in [6.45, 7) is 0.501. The van der Waals surface area contributed by atoms with E-state index in [1.54, 1.807) is 24.3 Å². The van der Waals surface area contributed by atoms with E-state index >= 15 is 0 Å². The van der Waals surface area contributed by atoms with Gasteiger partial charge >= 0.3 is 0 Å². The number of hydrogen-bond donors (Lipinski definition) is 1. The fourth-order valence-corrected chi connectivity index (χ4v) is 3.12. The van der Waals surface area contributed by atoms with Crippen LogP contribution in [0.1, 0.15) is 17.3 Å². The van der Waals surface area contributed by atoms with Crippen LogP contribution >= 0.6 is 23.2 Å². The lowest BCUT2D eigenvalue weighted by Crippen LogP contribution is -2.27. The van der Waals surface area contributed by atoms with Gasteiger partial charge in [0.1, 0.15) is 6.07 Å². The fraction of sp³-hybridized carbons (Fsp3) is 0.200. The maximum atomic E-state index is 9.39. The summed E-state index contributed by atoms with van der Waals surface area (Å²) in [5.74, 6) is 0.700. The van der Waals surface area contributed by atoms with Crippen molar-refractivity contribution in [3.8, 4) is 17.5 Å². The van der Waals surface area contributed by atoms with Crippen LogP contribution < -0.4 is 5.32 Å². The zero-order chi connectivity index (χ0) is 19.4. The highest BCUT2D eigenvalue weighted by Crippen LogP contribution is 2.29. The molecular formula is C20H18Cl2N4O. The maximum absolute atomic E-state index is 9.39. The van der Waals surface area contributed by atoms with Crippen molar-refractivity contribution >= 4 is 29.1 Å². The van der Waals surface area contributed by atoms with Crippen LogP contribution in [-0.2, 0) is 0 Å². The smallest absolute Gasteiger partial charge is 0.232 e. The second-order valence-electron chi connectivity index (χ2n) is 6.20. The molecule has 0 aliphatic carbocycles. The van der Waals surface area contributed by atoms with E-state index in [0.29, 0.717) is 28.4 Å². The van der Waals surface area contributed by atoms with Gasteiger partial charge in [-0.05, 0) is 50.0 Å². The zero-order valence-corrected chi connectivity index (χ0v) is 16.4. The average Bonchev–Trinajstić information content (AvgIpc) is 3.07. The normalized spacial score (nSPS) is 12.0. The molecule has 0 amide bonds. The summed E-state index contributed by atoms with van der Waals surface area (Å²) in [6.07, 6.45) is 0. The number of benzene rings is 2. The number of oxazole rings is 1. The molecule has 1 atom stereocenters. The number of nitrogens with one attached hydrogen (secondary N) is 1. The van der Waals surface area contributed by atoms with E-state index in [4.69, 9.17) is 27.6 Å². The molecule has 1 N–H and O–H groups in total. The summed E-state index contributed by atoms with van der Waals surface area (Å²) >= 11 is 12.3. The molecule has 0 aliphatic rings. The third-order valence-electron chi connectivity index (χ3n) is 4.17. The molecule has 0 saturated carbocycles. The summed E-state index contributed by atoms with van der Waals surface area (Å²) in [6, 6.07) is 16.9. The van der Waals surface area contributed by atoms with E-state index in [1.807, 2.05) is 38.4 Å². The lowest BCUT2D eigenvalue weighted by Gasteiger charge is -2.25. The van der Waals surface area contributed by atoms with Crippen molar-refractivity contribution in [1.82, 2.24) is 9.88 Å². The summed E-state index contributed by atoms with van der Waals surface area (Å²) < 4.78 is 5.79. The van der Waals surface area contributed by atoms with Gasteiger partial charge in [0.15, 0.2) is 0 Å². The van der Waals surface area contributed by atoms with Crippen molar-refractivity contribution in [2.45, 2.75) is 6.04 Å². The molecule has 0 saturated heterocycles. The standard InChI is InChI=1S/C20H18Cl2N4O/c1-26(2)18(15-5-3-4-6-16(15)22)12-24-20-17(11-23)25-19(27-20)13-7-9-14(21)10-8-13/h3-10,18,24H,12H2,1-2H3. The molecule has 0 fully saturated rings. The first-order chi connectivity index (χ1) is 13.0. The summed E-state index contributed by atoms with van der Waals surface area (Å²) in [5, 5.41) is 13.9. The third kappa shape index (κ3) is 4.42. The van der Waals surface area contributed by atoms with Crippen molar-refractivity contribution in [1.29, 1.82) is 5.26 Å². The van der Waals surface area contributed by atoms with Crippen molar-refractivity contribution in [2.24, 2.45) is 0 Å². The van der Waals surface area contributed by atoms with Crippen LogP contribution in [-0.4, -0.2) is 30.5 Å². The van der Waals surface area contributed by atoms with Crippen molar-refractivity contribution < 1.29 is 4.42 Å². The van der Waals surface area contributed by atoms with Crippen molar-refractivity contribution in [3.05, 3.63) is 69.8 Å². The number of nitrogens with zero attached hydrogens (tertiary/aromatic N) is 3. The highest BCUT2D eigenvalue weighted by Gasteiger charge is 2.20. The van der Waals surface area contributed by atoms with Crippen LogP contribution in [0.4, 0.5) is 5.88 Å².